The van der Waals surface area contributed by atoms with Crippen molar-refractivity contribution >= 4 is 11.5 Å². The number of hydrogen-bond acceptors (Lipinski definition) is 6. The molecule has 2 aromatic rings. The molecule has 1 N–H and O–H groups in total. The third kappa shape index (κ3) is 3.54. The van der Waals surface area contributed by atoms with Crippen molar-refractivity contribution in [3.63, 3.8) is 0 Å². The number of aromatic nitrogens is 2. The Morgan fingerprint density at radius 2 is 2.29 bits per heavy atom. The average molecular weight is 294 g/mol. The molecule has 0 atom stereocenters. The lowest BCUT2D eigenvalue weighted by atomic mass is 10.3. The second-order valence-corrected chi connectivity index (χ2v) is 4.56. The van der Waals surface area contributed by atoms with Crippen LogP contribution in [0.1, 0.15) is 5.69 Å². The van der Waals surface area contributed by atoms with Crippen molar-refractivity contribution < 1.29 is 14.8 Å². The number of imidazole rings is 1. The van der Waals surface area contributed by atoms with Crippen molar-refractivity contribution in [2.24, 2.45) is 0 Å². The van der Waals surface area contributed by atoms with Gasteiger partial charge in [0.2, 0.25) is 5.65 Å². The second-order valence-electron chi connectivity index (χ2n) is 4.56. The third-order valence-corrected chi connectivity index (χ3v) is 3.15. The van der Waals surface area contributed by atoms with E-state index in [1.807, 2.05) is 4.90 Å². The van der Waals surface area contributed by atoms with Crippen LogP contribution in [0.25, 0.3) is 5.65 Å². The van der Waals surface area contributed by atoms with Crippen molar-refractivity contribution in [2.45, 2.75) is 6.54 Å². The number of fused-ring (bicyclic) bond motifs is 1. The molecule has 8 heteroatoms. The molecule has 0 bridgehead atoms. The fourth-order valence-electron chi connectivity index (χ4n) is 2.17. The summed E-state index contributed by atoms with van der Waals surface area (Å²) in [6, 6.07) is 5.23. The molecule has 0 spiro atoms. The van der Waals surface area contributed by atoms with Crippen molar-refractivity contribution in [2.75, 3.05) is 33.4 Å². The minimum Gasteiger partial charge on any atom is -0.395 e. The summed E-state index contributed by atoms with van der Waals surface area (Å²) in [6.07, 6.45) is 1.62. The molecule has 0 aromatic carbocycles. The zero-order chi connectivity index (χ0) is 15.2. The highest BCUT2D eigenvalue weighted by atomic mass is 16.6. The predicted octanol–water partition coefficient (Wildman–Crippen LogP) is 0.683. The number of nitrogens with zero attached hydrogens (tertiary/aromatic N) is 4. The first-order valence-electron chi connectivity index (χ1n) is 6.60. The van der Waals surface area contributed by atoms with Gasteiger partial charge in [-0.2, -0.15) is 4.40 Å². The van der Waals surface area contributed by atoms with Crippen LogP contribution >= 0.6 is 0 Å². The summed E-state index contributed by atoms with van der Waals surface area (Å²) in [4.78, 5) is 17.1. The van der Waals surface area contributed by atoms with E-state index in [1.165, 1.54) is 4.40 Å². The number of pyridine rings is 1. The van der Waals surface area contributed by atoms with Gasteiger partial charge in [-0.1, -0.05) is 6.07 Å². The molecule has 2 aromatic heterocycles. The van der Waals surface area contributed by atoms with Gasteiger partial charge in [0.15, 0.2) is 5.69 Å². The van der Waals surface area contributed by atoms with E-state index in [4.69, 9.17) is 9.84 Å². The summed E-state index contributed by atoms with van der Waals surface area (Å²) in [6.45, 7) is 1.74. The number of nitro groups is 1. The Morgan fingerprint density at radius 3 is 2.95 bits per heavy atom. The molecule has 2 rings (SSSR count). The highest BCUT2D eigenvalue weighted by Crippen LogP contribution is 2.21. The molecule has 0 radical (unpaired) electrons. The minimum absolute atomic E-state index is 0.0229. The topological polar surface area (TPSA) is 93.1 Å². The Balaban J connectivity index is 2.31. The summed E-state index contributed by atoms with van der Waals surface area (Å²) in [5, 5.41) is 20.4. The van der Waals surface area contributed by atoms with Crippen LogP contribution in [0.5, 0.6) is 0 Å². The zero-order valence-corrected chi connectivity index (χ0v) is 11.8. The van der Waals surface area contributed by atoms with Crippen LogP contribution in [-0.4, -0.2) is 57.7 Å². The van der Waals surface area contributed by atoms with E-state index in [2.05, 4.69) is 4.98 Å². The molecule has 0 fully saturated rings. The lowest BCUT2D eigenvalue weighted by Gasteiger charge is -2.19. The summed E-state index contributed by atoms with van der Waals surface area (Å²) >= 11 is 0. The van der Waals surface area contributed by atoms with E-state index >= 15 is 0 Å². The zero-order valence-electron chi connectivity index (χ0n) is 11.8. The number of aliphatic hydroxyl groups is 1. The molecule has 0 aliphatic rings. The lowest BCUT2D eigenvalue weighted by Crippen LogP contribution is -2.30. The maximum Gasteiger partial charge on any atom is 0.352 e. The molecular weight excluding hydrogens is 276 g/mol. The number of hydrogen-bond donors (Lipinski definition) is 1. The van der Waals surface area contributed by atoms with Gasteiger partial charge in [-0.15, -0.1) is 0 Å². The Bertz CT molecular complexity index is 613. The Morgan fingerprint density at radius 1 is 1.48 bits per heavy atom. The average Bonchev–Trinajstić information content (AvgIpc) is 2.82. The molecule has 0 saturated carbocycles. The van der Waals surface area contributed by atoms with Gasteiger partial charge in [0.1, 0.15) is 0 Å². The highest BCUT2D eigenvalue weighted by Gasteiger charge is 2.23. The largest absolute Gasteiger partial charge is 0.395 e. The van der Waals surface area contributed by atoms with Gasteiger partial charge < -0.3 is 20.0 Å². The first-order chi connectivity index (χ1) is 10.2. The monoisotopic (exact) mass is 294 g/mol. The van der Waals surface area contributed by atoms with Gasteiger partial charge >= 0.3 is 5.82 Å². The molecular formula is C13H18N4O4. The molecule has 0 amide bonds. The SMILES string of the molecule is COCCN(CCO)Cc1nc2ccccn2c1[N+](=O)[O-]. The summed E-state index contributed by atoms with van der Waals surface area (Å²) < 4.78 is 6.47. The molecule has 0 aliphatic heterocycles. The van der Waals surface area contributed by atoms with Gasteiger partial charge in [0.05, 0.1) is 19.4 Å². The van der Waals surface area contributed by atoms with Crippen LogP contribution in [0.3, 0.4) is 0 Å². The minimum atomic E-state index is -0.428. The van der Waals surface area contributed by atoms with E-state index in [9.17, 15) is 10.1 Å². The normalized spacial score (nSPS) is 11.4. The number of rotatable bonds is 8. The van der Waals surface area contributed by atoms with Crippen LogP contribution in [0.2, 0.25) is 0 Å². The standard InChI is InChI=1S/C13H18N4O4/c1-21-9-7-15(6-8-18)10-11-13(17(19)20)16-5-3-2-4-12(16)14-11/h2-5,18H,6-10H2,1H3. The maximum atomic E-state index is 11.3. The van der Waals surface area contributed by atoms with Gasteiger partial charge in [0.25, 0.3) is 0 Å². The second kappa shape index (κ2) is 7.11. The number of methoxy groups -OCH3 is 1. The van der Waals surface area contributed by atoms with Gasteiger partial charge in [-0.05, 0) is 11.0 Å². The molecule has 0 unspecified atom stereocenters. The number of ether oxygens (including phenoxy) is 1. The van der Waals surface area contributed by atoms with Gasteiger partial charge in [0, 0.05) is 32.8 Å². The Labute approximate surface area is 121 Å². The fourth-order valence-corrected chi connectivity index (χ4v) is 2.17. The van der Waals surface area contributed by atoms with E-state index in [1.54, 1.807) is 31.5 Å². The summed E-state index contributed by atoms with van der Waals surface area (Å²) in [5.74, 6) is -0.0362. The third-order valence-electron chi connectivity index (χ3n) is 3.15. The number of aliphatic hydroxyl groups excluding tert-OH is 1. The molecule has 21 heavy (non-hydrogen) atoms. The van der Waals surface area contributed by atoms with Crippen molar-refractivity contribution in [1.29, 1.82) is 0 Å². The van der Waals surface area contributed by atoms with Gasteiger partial charge in [-0.3, -0.25) is 4.90 Å². The summed E-state index contributed by atoms with van der Waals surface area (Å²) in [7, 11) is 1.59. The van der Waals surface area contributed by atoms with Crippen molar-refractivity contribution in [1.82, 2.24) is 14.3 Å². The van der Waals surface area contributed by atoms with Crippen molar-refractivity contribution in [3.05, 3.63) is 40.2 Å². The first kappa shape index (κ1) is 15.4. The first-order valence-corrected chi connectivity index (χ1v) is 6.60. The smallest absolute Gasteiger partial charge is 0.352 e. The maximum absolute atomic E-state index is 11.3. The Kier molecular flexibility index (Phi) is 5.20. The van der Waals surface area contributed by atoms with E-state index in [-0.39, 0.29) is 12.4 Å². The fraction of sp³-hybridized carbons (Fsp3) is 0.462. The summed E-state index contributed by atoms with van der Waals surface area (Å²) in [5.41, 5.74) is 0.922. The van der Waals surface area contributed by atoms with Crippen LogP contribution in [-0.2, 0) is 11.3 Å². The van der Waals surface area contributed by atoms with E-state index in [0.29, 0.717) is 37.6 Å². The predicted molar refractivity (Wildman–Crippen MR) is 76.1 cm³/mol. The quantitative estimate of drug-likeness (QED) is 0.568. The lowest BCUT2D eigenvalue weighted by molar-refractivity contribution is -0.391. The molecule has 0 aliphatic carbocycles. The molecule has 2 heterocycles. The van der Waals surface area contributed by atoms with E-state index < -0.39 is 4.92 Å². The van der Waals surface area contributed by atoms with Crippen molar-refractivity contribution in [3.8, 4) is 0 Å². The molecule has 114 valence electrons. The van der Waals surface area contributed by atoms with E-state index in [0.717, 1.165) is 0 Å². The van der Waals surface area contributed by atoms with Crippen LogP contribution in [0.4, 0.5) is 5.82 Å². The van der Waals surface area contributed by atoms with Crippen LogP contribution in [0.15, 0.2) is 24.4 Å². The van der Waals surface area contributed by atoms with Crippen LogP contribution in [0, 0.1) is 10.1 Å². The highest BCUT2D eigenvalue weighted by molar-refractivity contribution is 5.48. The Hall–Kier alpha value is -2.03. The van der Waals surface area contributed by atoms with Gasteiger partial charge in [-0.25, -0.2) is 4.98 Å². The molecule has 0 saturated heterocycles. The van der Waals surface area contributed by atoms with Crippen LogP contribution < -0.4 is 0 Å². The molecule has 8 nitrogen and oxygen atoms in total.